The van der Waals surface area contributed by atoms with Gasteiger partial charge in [0.1, 0.15) is 22.6 Å². The average Bonchev–Trinajstić information content (AvgIpc) is 3.67. The normalized spacial score (nSPS) is 13.2. The standard InChI is InChI=1S/C25H20FIN4O6/c1-12-17(31(35)36)5-4-6-19(12)37-21-13(2)23(32)28(3)22-20(21)24(33)29(15-8-9-15)25(34)30(22)18-10-7-14(27)11-16(18)26/h4-7,10-11,15H,8-9H2,1-3H3. The van der Waals surface area contributed by atoms with E-state index in [0.717, 1.165) is 13.7 Å². The molecule has 12 heteroatoms. The smallest absolute Gasteiger partial charge is 0.337 e. The van der Waals surface area contributed by atoms with E-state index in [0.29, 0.717) is 16.4 Å². The summed E-state index contributed by atoms with van der Waals surface area (Å²) < 4.78 is 25.1. The highest BCUT2D eigenvalue weighted by molar-refractivity contribution is 14.1. The first-order chi connectivity index (χ1) is 17.5. The van der Waals surface area contributed by atoms with Crippen molar-refractivity contribution in [3.63, 3.8) is 0 Å². The van der Waals surface area contributed by atoms with E-state index in [9.17, 15) is 24.5 Å². The van der Waals surface area contributed by atoms with Gasteiger partial charge in [-0.1, -0.05) is 6.07 Å². The maximum atomic E-state index is 15.2. The summed E-state index contributed by atoms with van der Waals surface area (Å²) in [6.45, 7) is 2.96. The predicted octanol–water partition coefficient (Wildman–Crippen LogP) is 4.25. The second-order valence-electron chi connectivity index (χ2n) is 8.90. The number of nitro groups is 1. The van der Waals surface area contributed by atoms with Crippen LogP contribution in [0.25, 0.3) is 16.7 Å². The quantitative estimate of drug-likeness (QED) is 0.188. The minimum atomic E-state index is -0.767. The third kappa shape index (κ3) is 3.95. The largest absolute Gasteiger partial charge is 0.455 e. The van der Waals surface area contributed by atoms with Crippen molar-refractivity contribution < 1.29 is 14.1 Å². The van der Waals surface area contributed by atoms with Gasteiger partial charge in [-0.05, 0) is 73.5 Å². The number of fused-ring (bicyclic) bond motifs is 1. The lowest BCUT2D eigenvalue weighted by molar-refractivity contribution is -0.385. The van der Waals surface area contributed by atoms with Crippen LogP contribution in [0.4, 0.5) is 10.1 Å². The number of ether oxygens (including phenoxy) is 1. The zero-order chi connectivity index (χ0) is 26.8. The van der Waals surface area contributed by atoms with E-state index in [1.54, 1.807) is 6.07 Å². The minimum absolute atomic E-state index is 0.0636. The first-order valence-corrected chi connectivity index (χ1v) is 12.4. The molecule has 0 aliphatic heterocycles. The van der Waals surface area contributed by atoms with Gasteiger partial charge in [-0.25, -0.2) is 13.8 Å². The van der Waals surface area contributed by atoms with Gasteiger partial charge in [0.05, 0.1) is 21.7 Å². The van der Waals surface area contributed by atoms with E-state index in [-0.39, 0.29) is 51.1 Å². The summed E-state index contributed by atoms with van der Waals surface area (Å²) in [7, 11) is 1.39. The second kappa shape index (κ2) is 8.94. The Kier molecular flexibility index (Phi) is 6.01. The van der Waals surface area contributed by atoms with Crippen molar-refractivity contribution in [2.75, 3.05) is 0 Å². The maximum Gasteiger partial charge on any atom is 0.337 e. The van der Waals surface area contributed by atoms with Gasteiger partial charge in [0.2, 0.25) is 0 Å². The Morgan fingerprint density at radius 1 is 1.08 bits per heavy atom. The summed E-state index contributed by atoms with van der Waals surface area (Å²) >= 11 is 1.94. The van der Waals surface area contributed by atoms with Crippen LogP contribution in [-0.2, 0) is 7.05 Å². The van der Waals surface area contributed by atoms with Crippen LogP contribution in [0.5, 0.6) is 11.5 Å². The second-order valence-corrected chi connectivity index (χ2v) is 10.1. The van der Waals surface area contributed by atoms with Gasteiger partial charge < -0.3 is 4.74 Å². The van der Waals surface area contributed by atoms with E-state index >= 15 is 4.39 Å². The summed E-state index contributed by atoms with van der Waals surface area (Å²) in [5.74, 6) is -0.774. The van der Waals surface area contributed by atoms with E-state index in [1.807, 2.05) is 22.6 Å². The van der Waals surface area contributed by atoms with Gasteiger partial charge in [0.25, 0.3) is 16.8 Å². The Bertz CT molecular complexity index is 1820. The van der Waals surface area contributed by atoms with Gasteiger partial charge in [0.15, 0.2) is 5.75 Å². The molecule has 37 heavy (non-hydrogen) atoms. The number of nitrogens with zero attached hydrogens (tertiary/aromatic N) is 4. The fourth-order valence-electron chi connectivity index (χ4n) is 4.45. The van der Waals surface area contributed by atoms with Gasteiger partial charge in [-0.2, -0.15) is 0 Å². The predicted molar refractivity (Wildman–Crippen MR) is 143 cm³/mol. The zero-order valence-electron chi connectivity index (χ0n) is 19.9. The van der Waals surface area contributed by atoms with Crippen LogP contribution < -0.4 is 21.5 Å². The van der Waals surface area contributed by atoms with Gasteiger partial charge in [-0.15, -0.1) is 0 Å². The molecule has 2 aromatic carbocycles. The van der Waals surface area contributed by atoms with Crippen molar-refractivity contribution in [2.24, 2.45) is 7.05 Å². The average molecular weight is 618 g/mol. The lowest BCUT2D eigenvalue weighted by Gasteiger charge is -2.20. The summed E-state index contributed by atoms with van der Waals surface area (Å²) in [5.41, 5.74) is -2.22. The Labute approximate surface area is 221 Å². The molecule has 190 valence electrons. The minimum Gasteiger partial charge on any atom is -0.455 e. The Hall–Kier alpha value is -3.81. The molecular formula is C25H20FIN4O6. The number of benzene rings is 2. The van der Waals surface area contributed by atoms with Crippen LogP contribution in [0.2, 0.25) is 0 Å². The number of pyridine rings is 1. The molecule has 0 N–H and O–H groups in total. The fourth-order valence-corrected chi connectivity index (χ4v) is 4.90. The molecule has 0 spiro atoms. The van der Waals surface area contributed by atoms with Crippen molar-refractivity contribution in [3.05, 3.63) is 98.2 Å². The Morgan fingerprint density at radius 3 is 2.41 bits per heavy atom. The highest BCUT2D eigenvalue weighted by atomic mass is 127. The molecule has 4 aromatic rings. The number of hydrogen-bond donors (Lipinski definition) is 0. The SMILES string of the molecule is Cc1c(Oc2c(C)c(=O)n(C)c3c2c(=O)n(C2CC2)c(=O)n3-c2ccc(I)cc2F)cccc1[N+](=O)[O-]. The molecule has 0 radical (unpaired) electrons. The van der Waals surface area contributed by atoms with Crippen molar-refractivity contribution in [2.45, 2.75) is 32.7 Å². The molecule has 0 bridgehead atoms. The van der Waals surface area contributed by atoms with Crippen molar-refractivity contribution >= 4 is 39.3 Å². The van der Waals surface area contributed by atoms with Crippen LogP contribution in [0.1, 0.15) is 30.0 Å². The molecule has 1 aliphatic rings. The molecule has 0 unspecified atom stereocenters. The van der Waals surface area contributed by atoms with Crippen LogP contribution in [0.15, 0.2) is 50.8 Å². The summed E-state index contributed by atoms with van der Waals surface area (Å²) in [5, 5.41) is 11.3. The molecule has 10 nitrogen and oxygen atoms in total. The van der Waals surface area contributed by atoms with Gasteiger partial charge >= 0.3 is 5.69 Å². The molecule has 0 amide bonds. The molecule has 0 atom stereocenters. The number of hydrogen-bond acceptors (Lipinski definition) is 6. The third-order valence-electron chi connectivity index (χ3n) is 6.50. The maximum absolute atomic E-state index is 15.2. The molecule has 0 saturated heterocycles. The van der Waals surface area contributed by atoms with Gasteiger partial charge in [0, 0.05) is 22.7 Å². The van der Waals surface area contributed by atoms with Crippen molar-refractivity contribution in [1.82, 2.24) is 13.7 Å². The Balaban J connectivity index is 1.94. The molecule has 2 heterocycles. The van der Waals surface area contributed by atoms with Crippen molar-refractivity contribution in [1.29, 1.82) is 0 Å². The zero-order valence-corrected chi connectivity index (χ0v) is 22.1. The van der Waals surface area contributed by atoms with Crippen LogP contribution in [0, 0.1) is 33.3 Å². The molecule has 5 rings (SSSR count). The molecule has 1 saturated carbocycles. The Morgan fingerprint density at radius 2 is 1.78 bits per heavy atom. The number of rotatable bonds is 5. The third-order valence-corrected chi connectivity index (χ3v) is 7.17. The van der Waals surface area contributed by atoms with E-state index in [1.165, 1.54) is 51.2 Å². The number of aromatic nitrogens is 3. The highest BCUT2D eigenvalue weighted by Gasteiger charge is 2.32. The number of nitro benzene ring substituents is 1. The lowest BCUT2D eigenvalue weighted by Crippen LogP contribution is -2.42. The molecule has 1 aliphatic carbocycles. The summed E-state index contributed by atoms with van der Waals surface area (Å²) in [4.78, 5) is 51.6. The van der Waals surface area contributed by atoms with Crippen LogP contribution in [0.3, 0.4) is 0 Å². The monoisotopic (exact) mass is 618 g/mol. The van der Waals surface area contributed by atoms with E-state index in [2.05, 4.69) is 0 Å². The molecule has 2 aromatic heterocycles. The van der Waals surface area contributed by atoms with Crippen LogP contribution >= 0.6 is 22.6 Å². The van der Waals surface area contributed by atoms with E-state index in [4.69, 9.17) is 4.74 Å². The molecular weight excluding hydrogens is 598 g/mol. The first-order valence-electron chi connectivity index (χ1n) is 11.3. The fraction of sp³-hybridized carbons (Fsp3) is 0.240. The summed E-state index contributed by atoms with van der Waals surface area (Å²) in [6, 6.07) is 8.13. The number of aryl methyl sites for hydroxylation is 1. The molecule has 1 fully saturated rings. The lowest BCUT2D eigenvalue weighted by atomic mass is 10.1. The highest BCUT2D eigenvalue weighted by Crippen LogP contribution is 2.37. The van der Waals surface area contributed by atoms with E-state index < -0.39 is 27.5 Å². The van der Waals surface area contributed by atoms with Crippen molar-refractivity contribution in [3.8, 4) is 17.2 Å². The summed E-state index contributed by atoms with van der Waals surface area (Å²) in [6.07, 6.45) is 1.20. The number of halogens is 2. The van der Waals surface area contributed by atoms with Crippen LogP contribution in [-0.4, -0.2) is 18.6 Å². The van der Waals surface area contributed by atoms with Gasteiger partial charge in [-0.3, -0.25) is 28.8 Å². The first kappa shape index (κ1) is 24.9. The topological polar surface area (TPSA) is 118 Å².